The van der Waals surface area contributed by atoms with Crippen LogP contribution in [0.1, 0.15) is 149 Å². The summed E-state index contributed by atoms with van der Waals surface area (Å²) in [6, 6.07) is 0. The molecule has 0 spiro atoms. The first-order chi connectivity index (χ1) is 14.5. The van der Waals surface area contributed by atoms with Gasteiger partial charge in [-0.05, 0) is 12.8 Å². The Morgan fingerprint density at radius 3 is 0.935 bits per heavy atom. The second-order valence-electron chi connectivity index (χ2n) is 9.20. The Morgan fingerprint density at radius 1 is 0.484 bits per heavy atom. The van der Waals surface area contributed by atoms with Gasteiger partial charge in [0.15, 0.2) is 5.41 Å². The normalized spacial score (nSPS) is 11.3. The Morgan fingerprint density at radius 2 is 0.710 bits per heavy atom. The topological polar surface area (TPSA) is 74.6 Å². The molecule has 0 aliphatic rings. The first-order valence-corrected chi connectivity index (χ1v) is 13.0. The van der Waals surface area contributed by atoms with Crippen LogP contribution >= 0.6 is 0 Å². The molecule has 0 aromatic rings. The summed E-state index contributed by atoms with van der Waals surface area (Å²) in [5.41, 5.74) is -1.58. The van der Waals surface area contributed by atoms with Crippen LogP contribution in [-0.4, -0.2) is 73.5 Å². The standard InChI is InChI=1S/C26H50O4.K.H/c1-3-5-7-9-11-13-15-17-19-21-23-26(24(27)28,25(29)30)22-20-18-16-14-12-10-8-6-4-2;;/h3-23H2,1-2H3,(H,27,28)(H,29,30);;. The molecular weight excluding hydrogens is 415 g/mol. The molecule has 0 amide bonds. The molecule has 2 N–H and O–H groups in total. The molecule has 180 valence electrons. The van der Waals surface area contributed by atoms with Crippen molar-refractivity contribution in [2.45, 2.75) is 149 Å². The number of carbonyl (C=O) groups is 2. The zero-order valence-corrected chi connectivity index (χ0v) is 20.1. The fourth-order valence-corrected chi connectivity index (χ4v) is 4.30. The number of unbranched alkanes of at least 4 members (excludes halogenated alkanes) is 17. The summed E-state index contributed by atoms with van der Waals surface area (Å²) < 4.78 is 0. The van der Waals surface area contributed by atoms with Crippen molar-refractivity contribution in [3.63, 3.8) is 0 Å². The molecule has 0 saturated carbocycles. The van der Waals surface area contributed by atoms with Gasteiger partial charge in [-0.3, -0.25) is 9.59 Å². The van der Waals surface area contributed by atoms with Crippen molar-refractivity contribution in [3.8, 4) is 0 Å². The number of aliphatic carboxylic acids is 2. The summed E-state index contributed by atoms with van der Waals surface area (Å²) in [5.74, 6) is -2.30. The molecule has 0 radical (unpaired) electrons. The van der Waals surface area contributed by atoms with Crippen LogP contribution in [0.5, 0.6) is 0 Å². The number of rotatable bonds is 23. The van der Waals surface area contributed by atoms with Gasteiger partial charge >= 0.3 is 63.3 Å². The molecule has 0 atom stereocenters. The molecule has 0 rings (SSSR count). The van der Waals surface area contributed by atoms with E-state index in [1.165, 1.54) is 83.5 Å². The van der Waals surface area contributed by atoms with E-state index in [0.717, 1.165) is 25.7 Å². The van der Waals surface area contributed by atoms with Gasteiger partial charge in [0.2, 0.25) is 0 Å². The van der Waals surface area contributed by atoms with Gasteiger partial charge in [-0.1, -0.05) is 136 Å². The van der Waals surface area contributed by atoms with Crippen molar-refractivity contribution < 1.29 is 19.8 Å². The zero-order chi connectivity index (χ0) is 22.5. The van der Waals surface area contributed by atoms with Crippen LogP contribution in [0.3, 0.4) is 0 Å². The van der Waals surface area contributed by atoms with Crippen LogP contribution in [0.15, 0.2) is 0 Å². The van der Waals surface area contributed by atoms with E-state index in [1.54, 1.807) is 0 Å². The van der Waals surface area contributed by atoms with Crippen LogP contribution in [0.2, 0.25) is 0 Å². The molecular formula is C26H51KO4. The Kier molecular flexibility index (Phi) is 25.8. The molecule has 0 aliphatic heterocycles. The summed E-state index contributed by atoms with van der Waals surface area (Å²) in [6.07, 6.45) is 22.5. The molecule has 0 saturated heterocycles. The minimum atomic E-state index is -1.58. The molecule has 0 aromatic heterocycles. The maximum absolute atomic E-state index is 11.8. The van der Waals surface area contributed by atoms with E-state index in [2.05, 4.69) is 13.8 Å². The number of hydrogen-bond donors (Lipinski definition) is 2. The third-order valence-electron chi connectivity index (χ3n) is 6.48. The summed E-state index contributed by atoms with van der Waals surface area (Å²) >= 11 is 0. The Balaban J connectivity index is 0. The fourth-order valence-electron chi connectivity index (χ4n) is 4.30. The summed E-state index contributed by atoms with van der Waals surface area (Å²) in [7, 11) is 0. The van der Waals surface area contributed by atoms with Crippen LogP contribution in [-0.2, 0) is 9.59 Å². The molecule has 0 fully saturated rings. The minimum absolute atomic E-state index is 0. The molecule has 0 unspecified atom stereocenters. The van der Waals surface area contributed by atoms with Crippen molar-refractivity contribution in [1.82, 2.24) is 0 Å². The monoisotopic (exact) mass is 466 g/mol. The number of carboxylic acid groups (broad SMARTS) is 2. The third kappa shape index (κ3) is 17.7. The quantitative estimate of drug-likeness (QED) is 0.0917. The van der Waals surface area contributed by atoms with E-state index >= 15 is 0 Å². The van der Waals surface area contributed by atoms with Crippen molar-refractivity contribution in [2.24, 2.45) is 5.41 Å². The SMILES string of the molecule is CCCCCCCCCCCCC(CCCCCCCCCCC)(C(=O)O)C(=O)O.[KH]. The maximum atomic E-state index is 11.8. The van der Waals surface area contributed by atoms with Crippen LogP contribution in [0.25, 0.3) is 0 Å². The van der Waals surface area contributed by atoms with Gasteiger partial charge in [0.25, 0.3) is 0 Å². The van der Waals surface area contributed by atoms with E-state index in [-0.39, 0.29) is 64.2 Å². The first kappa shape index (κ1) is 33.7. The predicted octanol–water partition coefficient (Wildman–Crippen LogP) is 7.73. The van der Waals surface area contributed by atoms with Gasteiger partial charge < -0.3 is 10.2 Å². The number of hydrogen-bond acceptors (Lipinski definition) is 2. The Bertz CT molecular complexity index is 412. The van der Waals surface area contributed by atoms with E-state index in [1.807, 2.05) is 0 Å². The van der Waals surface area contributed by atoms with Crippen molar-refractivity contribution in [1.29, 1.82) is 0 Å². The van der Waals surface area contributed by atoms with Crippen LogP contribution in [0, 0.1) is 5.41 Å². The van der Waals surface area contributed by atoms with Gasteiger partial charge in [0.05, 0.1) is 0 Å². The van der Waals surface area contributed by atoms with Crippen molar-refractivity contribution in [2.75, 3.05) is 0 Å². The fraction of sp³-hybridized carbons (Fsp3) is 0.923. The van der Waals surface area contributed by atoms with E-state index in [0.29, 0.717) is 12.8 Å². The molecule has 31 heavy (non-hydrogen) atoms. The summed E-state index contributed by atoms with van der Waals surface area (Å²) in [4.78, 5) is 23.7. The first-order valence-electron chi connectivity index (χ1n) is 13.0. The Labute approximate surface area is 235 Å². The van der Waals surface area contributed by atoms with Gasteiger partial charge in [-0.2, -0.15) is 0 Å². The van der Waals surface area contributed by atoms with Crippen molar-refractivity contribution >= 4 is 63.3 Å². The van der Waals surface area contributed by atoms with E-state index in [9.17, 15) is 19.8 Å². The van der Waals surface area contributed by atoms with Gasteiger partial charge in [0.1, 0.15) is 0 Å². The molecule has 0 aliphatic carbocycles. The van der Waals surface area contributed by atoms with Crippen LogP contribution < -0.4 is 0 Å². The molecule has 0 bridgehead atoms. The average molecular weight is 467 g/mol. The molecule has 0 heterocycles. The van der Waals surface area contributed by atoms with Crippen LogP contribution in [0.4, 0.5) is 0 Å². The Hall–Kier alpha value is 0.576. The summed E-state index contributed by atoms with van der Waals surface area (Å²) in [5, 5.41) is 19.4. The summed E-state index contributed by atoms with van der Waals surface area (Å²) in [6.45, 7) is 4.44. The average Bonchev–Trinajstić information content (AvgIpc) is 2.71. The van der Waals surface area contributed by atoms with E-state index < -0.39 is 17.4 Å². The van der Waals surface area contributed by atoms with Gasteiger partial charge in [0, 0.05) is 0 Å². The molecule has 4 nitrogen and oxygen atoms in total. The predicted molar refractivity (Wildman–Crippen MR) is 133 cm³/mol. The zero-order valence-electron chi connectivity index (χ0n) is 20.1. The number of carboxylic acids is 2. The molecule has 0 aromatic carbocycles. The molecule has 5 heteroatoms. The van der Waals surface area contributed by atoms with E-state index in [4.69, 9.17) is 0 Å². The van der Waals surface area contributed by atoms with Crippen molar-refractivity contribution in [3.05, 3.63) is 0 Å². The van der Waals surface area contributed by atoms with Gasteiger partial charge in [-0.15, -0.1) is 0 Å². The second-order valence-corrected chi connectivity index (χ2v) is 9.20. The third-order valence-corrected chi connectivity index (χ3v) is 6.48. The van der Waals surface area contributed by atoms with Gasteiger partial charge in [-0.25, -0.2) is 0 Å². The second kappa shape index (κ2) is 23.7.